The maximum absolute atomic E-state index is 13.0. The van der Waals surface area contributed by atoms with E-state index in [0.29, 0.717) is 19.0 Å². The van der Waals surface area contributed by atoms with Crippen molar-refractivity contribution in [3.8, 4) is 11.4 Å². The van der Waals surface area contributed by atoms with Crippen LogP contribution in [0, 0.1) is 23.2 Å². The van der Waals surface area contributed by atoms with E-state index in [0.717, 1.165) is 48.4 Å². The molecule has 2 aromatic heterocycles. The fourth-order valence-electron chi connectivity index (χ4n) is 6.00. The van der Waals surface area contributed by atoms with Crippen molar-refractivity contribution < 1.29 is 4.79 Å². The van der Waals surface area contributed by atoms with Crippen molar-refractivity contribution in [3.05, 3.63) is 36.7 Å². The molecule has 0 aliphatic heterocycles. The highest BCUT2D eigenvalue weighted by molar-refractivity contribution is 5.83. The number of carbonyl (C=O) groups is 1. The summed E-state index contributed by atoms with van der Waals surface area (Å²) < 4.78 is 1.89. The van der Waals surface area contributed by atoms with Crippen LogP contribution in [0.25, 0.3) is 11.4 Å². The number of pyridine rings is 1. The van der Waals surface area contributed by atoms with Gasteiger partial charge in [0.05, 0.1) is 12.2 Å². The van der Waals surface area contributed by atoms with Gasteiger partial charge >= 0.3 is 0 Å². The van der Waals surface area contributed by atoms with Gasteiger partial charge in [0.15, 0.2) is 0 Å². The average Bonchev–Trinajstić information content (AvgIpc) is 3.10. The molecule has 0 atom stereocenters. The first kappa shape index (κ1) is 16.0. The molecule has 5 nitrogen and oxygen atoms in total. The number of hydrogen-bond acceptors (Lipinski definition) is 3. The van der Waals surface area contributed by atoms with Crippen LogP contribution >= 0.6 is 0 Å². The highest BCUT2D eigenvalue weighted by Gasteiger charge is 2.54. The average molecular weight is 350 g/mol. The number of hydrogen-bond donors (Lipinski definition) is 1. The van der Waals surface area contributed by atoms with Gasteiger partial charge in [-0.25, -0.2) is 0 Å². The third-order valence-corrected chi connectivity index (χ3v) is 6.71. The van der Waals surface area contributed by atoms with E-state index in [1.807, 2.05) is 35.1 Å². The predicted molar refractivity (Wildman–Crippen MR) is 99.1 cm³/mol. The summed E-state index contributed by atoms with van der Waals surface area (Å²) in [4.78, 5) is 17.3. The van der Waals surface area contributed by atoms with Gasteiger partial charge in [-0.2, -0.15) is 5.10 Å². The van der Waals surface area contributed by atoms with Crippen molar-refractivity contribution in [1.29, 1.82) is 0 Å². The lowest BCUT2D eigenvalue weighted by Gasteiger charge is -2.55. The zero-order valence-electron chi connectivity index (χ0n) is 15.1. The van der Waals surface area contributed by atoms with Crippen molar-refractivity contribution >= 4 is 5.91 Å². The van der Waals surface area contributed by atoms with Crippen molar-refractivity contribution in [2.24, 2.45) is 23.2 Å². The monoisotopic (exact) mass is 350 g/mol. The van der Waals surface area contributed by atoms with Crippen LogP contribution in [-0.4, -0.2) is 27.2 Å². The van der Waals surface area contributed by atoms with Crippen molar-refractivity contribution in [3.63, 3.8) is 0 Å². The first-order chi connectivity index (χ1) is 12.7. The van der Waals surface area contributed by atoms with E-state index in [1.54, 1.807) is 6.20 Å². The second-order valence-electron chi connectivity index (χ2n) is 8.63. The molecule has 5 heteroatoms. The molecule has 0 spiro atoms. The standard InChI is InChI=1S/C21H26N4O/c26-20(21-12-15-9-16(13-21)11-17(10-15)14-21)23-6-8-25-7-4-19(24-25)18-3-1-2-5-22-18/h1-5,7,15-17H,6,8-14H2,(H,23,26). The molecular formula is C21H26N4O. The lowest BCUT2D eigenvalue weighted by atomic mass is 9.49. The van der Waals surface area contributed by atoms with Crippen LogP contribution in [0.15, 0.2) is 36.7 Å². The molecule has 2 heterocycles. The van der Waals surface area contributed by atoms with Gasteiger partial charge in [-0.1, -0.05) is 6.07 Å². The van der Waals surface area contributed by atoms with E-state index in [9.17, 15) is 4.79 Å². The van der Waals surface area contributed by atoms with Gasteiger partial charge in [-0.15, -0.1) is 0 Å². The number of nitrogens with zero attached hydrogens (tertiary/aromatic N) is 3. The Morgan fingerprint density at radius 3 is 2.46 bits per heavy atom. The zero-order chi connectivity index (χ0) is 17.6. The molecule has 0 radical (unpaired) electrons. The Morgan fingerprint density at radius 2 is 1.81 bits per heavy atom. The summed E-state index contributed by atoms with van der Waals surface area (Å²) in [5.41, 5.74) is 1.69. The molecule has 0 unspecified atom stereocenters. The number of carbonyl (C=O) groups excluding carboxylic acids is 1. The minimum atomic E-state index is -0.0576. The third kappa shape index (κ3) is 2.83. The van der Waals surface area contributed by atoms with E-state index < -0.39 is 0 Å². The lowest BCUT2D eigenvalue weighted by Crippen LogP contribution is -2.53. The number of aromatic nitrogens is 3. The van der Waals surface area contributed by atoms with E-state index >= 15 is 0 Å². The van der Waals surface area contributed by atoms with Gasteiger partial charge in [-0.05, 0) is 74.5 Å². The molecule has 26 heavy (non-hydrogen) atoms. The van der Waals surface area contributed by atoms with Crippen LogP contribution < -0.4 is 5.32 Å². The summed E-state index contributed by atoms with van der Waals surface area (Å²) in [6.07, 6.45) is 11.2. The van der Waals surface area contributed by atoms with Crippen molar-refractivity contribution in [2.45, 2.75) is 45.1 Å². The van der Waals surface area contributed by atoms with Crippen LogP contribution in [-0.2, 0) is 11.3 Å². The Balaban J connectivity index is 1.19. The largest absolute Gasteiger partial charge is 0.354 e. The smallest absolute Gasteiger partial charge is 0.226 e. The van der Waals surface area contributed by atoms with Gasteiger partial charge in [0.2, 0.25) is 5.91 Å². The number of amides is 1. The predicted octanol–water partition coefficient (Wildman–Crippen LogP) is 3.28. The first-order valence-electron chi connectivity index (χ1n) is 9.93. The van der Waals surface area contributed by atoms with Crippen LogP contribution in [0.3, 0.4) is 0 Å². The van der Waals surface area contributed by atoms with E-state index in [1.165, 1.54) is 19.3 Å². The number of nitrogens with one attached hydrogen (secondary N) is 1. The maximum Gasteiger partial charge on any atom is 0.226 e. The zero-order valence-corrected chi connectivity index (χ0v) is 15.1. The summed E-state index contributed by atoms with van der Waals surface area (Å²) in [5, 5.41) is 7.79. The van der Waals surface area contributed by atoms with Gasteiger partial charge in [0.1, 0.15) is 5.69 Å². The lowest BCUT2D eigenvalue weighted by molar-refractivity contribution is -0.146. The summed E-state index contributed by atoms with van der Waals surface area (Å²) in [6.45, 7) is 1.34. The molecule has 1 amide bonds. The molecule has 4 bridgehead atoms. The topological polar surface area (TPSA) is 59.8 Å². The summed E-state index contributed by atoms with van der Waals surface area (Å²) >= 11 is 0. The molecule has 0 aromatic carbocycles. The minimum absolute atomic E-state index is 0.0576. The number of rotatable bonds is 5. The fourth-order valence-corrected chi connectivity index (χ4v) is 6.00. The van der Waals surface area contributed by atoms with Crippen LogP contribution in [0.4, 0.5) is 0 Å². The Hall–Kier alpha value is -2.17. The van der Waals surface area contributed by atoms with E-state index in [2.05, 4.69) is 15.4 Å². The van der Waals surface area contributed by atoms with Gasteiger partial charge in [0.25, 0.3) is 0 Å². The molecule has 2 aromatic rings. The normalized spacial score (nSPS) is 31.9. The van der Waals surface area contributed by atoms with Gasteiger partial charge in [-0.3, -0.25) is 14.5 Å². The second-order valence-corrected chi connectivity index (χ2v) is 8.63. The molecule has 6 rings (SSSR count). The maximum atomic E-state index is 13.0. The van der Waals surface area contributed by atoms with Gasteiger partial charge < -0.3 is 5.32 Å². The second kappa shape index (κ2) is 6.22. The fraction of sp³-hybridized carbons (Fsp3) is 0.571. The molecule has 4 fully saturated rings. The molecular weight excluding hydrogens is 324 g/mol. The third-order valence-electron chi connectivity index (χ3n) is 6.71. The highest BCUT2D eigenvalue weighted by atomic mass is 16.2. The van der Waals surface area contributed by atoms with Crippen molar-refractivity contribution in [1.82, 2.24) is 20.1 Å². The Kier molecular flexibility index (Phi) is 3.84. The Bertz CT molecular complexity index is 762. The Morgan fingerprint density at radius 1 is 1.08 bits per heavy atom. The summed E-state index contributed by atoms with van der Waals surface area (Å²) in [7, 11) is 0. The molecule has 136 valence electrons. The SMILES string of the molecule is O=C(NCCn1ccc(-c2ccccn2)n1)C12CC3CC(CC(C3)C1)C2. The van der Waals surface area contributed by atoms with Crippen molar-refractivity contribution in [2.75, 3.05) is 6.54 Å². The Labute approximate surface area is 154 Å². The van der Waals surface area contributed by atoms with Crippen LogP contribution in [0.5, 0.6) is 0 Å². The summed E-state index contributed by atoms with van der Waals surface area (Å²) in [6, 6.07) is 7.80. The molecule has 4 aliphatic carbocycles. The summed E-state index contributed by atoms with van der Waals surface area (Å²) in [5.74, 6) is 2.71. The minimum Gasteiger partial charge on any atom is -0.354 e. The first-order valence-corrected chi connectivity index (χ1v) is 9.93. The van der Waals surface area contributed by atoms with Crippen LogP contribution in [0.1, 0.15) is 38.5 Å². The highest BCUT2D eigenvalue weighted by Crippen LogP contribution is 2.60. The van der Waals surface area contributed by atoms with Crippen LogP contribution in [0.2, 0.25) is 0 Å². The van der Waals surface area contributed by atoms with Gasteiger partial charge in [0, 0.05) is 24.4 Å². The molecule has 1 N–H and O–H groups in total. The quantitative estimate of drug-likeness (QED) is 0.900. The molecule has 0 saturated heterocycles. The molecule has 4 aliphatic rings. The van der Waals surface area contributed by atoms with E-state index in [-0.39, 0.29) is 5.41 Å². The van der Waals surface area contributed by atoms with E-state index in [4.69, 9.17) is 0 Å². The molecule has 4 saturated carbocycles.